The van der Waals surface area contributed by atoms with E-state index in [0.717, 1.165) is 23.1 Å². The molecule has 0 bridgehead atoms. The Morgan fingerprint density at radius 3 is 2.41 bits per heavy atom. The van der Waals surface area contributed by atoms with Crippen molar-refractivity contribution < 1.29 is 32.6 Å². The molecule has 0 spiro atoms. The summed E-state index contributed by atoms with van der Waals surface area (Å²) in [6.45, 7) is 4.75. The molecular formula is C23H23N3O7S. The first-order chi connectivity index (χ1) is 15.8. The van der Waals surface area contributed by atoms with Crippen molar-refractivity contribution in [2.75, 3.05) is 10.7 Å². The maximum Gasteiger partial charge on any atom is 0.408 e. The molecular weight excluding hydrogens is 462 g/mol. The number of hydrogen-bond acceptors (Lipinski definition) is 7. The SMILES string of the molecule is CC(C)(C)OC(=O)N[C@H]1CS(=O)(=O)c2ccc(C(=O)O)cc2N(Cc2ccc(C#N)cc2)C1=O. The molecule has 1 atom stereocenters. The summed E-state index contributed by atoms with van der Waals surface area (Å²) in [5.74, 6) is -2.77. The fourth-order valence-corrected chi connectivity index (χ4v) is 5.00. The van der Waals surface area contributed by atoms with E-state index in [1.165, 1.54) is 0 Å². The second kappa shape index (κ2) is 9.15. The summed E-state index contributed by atoms with van der Waals surface area (Å²) >= 11 is 0. The van der Waals surface area contributed by atoms with Crippen LogP contribution in [-0.4, -0.2) is 48.9 Å². The number of nitrogens with zero attached hydrogens (tertiary/aromatic N) is 2. The van der Waals surface area contributed by atoms with Crippen LogP contribution in [0.3, 0.4) is 0 Å². The third-order valence-corrected chi connectivity index (χ3v) is 6.68. The molecule has 0 saturated carbocycles. The summed E-state index contributed by atoms with van der Waals surface area (Å²) in [7, 11) is -4.10. The highest BCUT2D eigenvalue weighted by Crippen LogP contribution is 2.33. The molecule has 34 heavy (non-hydrogen) atoms. The number of rotatable bonds is 4. The lowest BCUT2D eigenvalue weighted by Gasteiger charge is -2.27. The number of carboxylic acid groups (broad SMARTS) is 1. The molecule has 0 aromatic heterocycles. The van der Waals surface area contributed by atoms with Gasteiger partial charge in [0.15, 0.2) is 9.84 Å². The zero-order valence-corrected chi connectivity index (χ0v) is 19.5. The number of carboxylic acids is 1. The second-order valence-corrected chi connectivity index (χ2v) is 10.7. The van der Waals surface area contributed by atoms with Crippen molar-refractivity contribution in [1.82, 2.24) is 5.32 Å². The first-order valence-corrected chi connectivity index (χ1v) is 11.9. The van der Waals surface area contributed by atoms with Crippen LogP contribution in [-0.2, 0) is 25.9 Å². The number of carbonyl (C=O) groups excluding carboxylic acids is 2. The molecule has 2 aromatic rings. The number of carbonyl (C=O) groups is 3. The van der Waals surface area contributed by atoms with Gasteiger partial charge in [-0.25, -0.2) is 18.0 Å². The Hall–Kier alpha value is -3.91. The van der Waals surface area contributed by atoms with Crippen LogP contribution in [0.4, 0.5) is 10.5 Å². The Morgan fingerprint density at radius 2 is 1.85 bits per heavy atom. The van der Waals surface area contributed by atoms with Crippen molar-refractivity contribution in [2.45, 2.75) is 43.9 Å². The van der Waals surface area contributed by atoms with E-state index < -0.39 is 45.2 Å². The minimum Gasteiger partial charge on any atom is -0.478 e. The lowest BCUT2D eigenvalue weighted by molar-refractivity contribution is -0.120. The average Bonchev–Trinajstić information content (AvgIpc) is 2.81. The average molecular weight is 486 g/mol. The van der Waals surface area contributed by atoms with Crippen LogP contribution in [0.5, 0.6) is 0 Å². The van der Waals surface area contributed by atoms with E-state index >= 15 is 0 Å². The van der Waals surface area contributed by atoms with Gasteiger partial charge in [-0.15, -0.1) is 0 Å². The van der Waals surface area contributed by atoms with Crippen molar-refractivity contribution in [3.8, 4) is 6.07 Å². The number of alkyl carbamates (subject to hydrolysis) is 1. The van der Waals surface area contributed by atoms with Gasteiger partial charge in [-0.2, -0.15) is 5.26 Å². The highest BCUT2D eigenvalue weighted by Gasteiger charge is 2.39. The van der Waals surface area contributed by atoms with Gasteiger partial charge in [-0.3, -0.25) is 4.79 Å². The fourth-order valence-electron chi connectivity index (χ4n) is 3.40. The summed E-state index contributed by atoms with van der Waals surface area (Å²) < 4.78 is 31.4. The van der Waals surface area contributed by atoms with Gasteiger partial charge < -0.3 is 20.1 Å². The summed E-state index contributed by atoms with van der Waals surface area (Å²) in [6.07, 6.45) is -0.962. The topological polar surface area (TPSA) is 154 Å². The largest absolute Gasteiger partial charge is 0.478 e. The molecule has 178 valence electrons. The minimum atomic E-state index is -4.10. The van der Waals surface area contributed by atoms with E-state index in [1.807, 2.05) is 6.07 Å². The smallest absolute Gasteiger partial charge is 0.408 e. The molecule has 1 aliphatic rings. The third-order valence-electron chi connectivity index (χ3n) is 4.90. The number of hydrogen-bond donors (Lipinski definition) is 2. The number of ether oxygens (including phenoxy) is 1. The number of benzene rings is 2. The quantitative estimate of drug-likeness (QED) is 0.669. The molecule has 1 aliphatic heterocycles. The van der Waals surface area contributed by atoms with E-state index in [2.05, 4.69) is 5.32 Å². The van der Waals surface area contributed by atoms with Gasteiger partial charge in [-0.1, -0.05) is 12.1 Å². The molecule has 10 nitrogen and oxygen atoms in total. The van der Waals surface area contributed by atoms with Gasteiger partial charge in [0.05, 0.1) is 40.1 Å². The first kappa shape index (κ1) is 24.7. The van der Waals surface area contributed by atoms with Crippen molar-refractivity contribution in [3.63, 3.8) is 0 Å². The van der Waals surface area contributed by atoms with Gasteiger partial charge in [0.2, 0.25) is 0 Å². The molecule has 0 radical (unpaired) electrons. The predicted octanol–water partition coefficient (Wildman–Crippen LogP) is 2.47. The zero-order chi connectivity index (χ0) is 25.3. The molecule has 2 aromatic carbocycles. The van der Waals surface area contributed by atoms with Crippen LogP contribution < -0.4 is 10.2 Å². The lowest BCUT2D eigenvalue weighted by Crippen LogP contribution is -2.51. The zero-order valence-electron chi connectivity index (χ0n) is 18.7. The van der Waals surface area contributed by atoms with Crippen molar-refractivity contribution in [2.24, 2.45) is 0 Å². The number of nitrogens with one attached hydrogen (secondary N) is 1. The number of aromatic carboxylic acids is 1. The standard InChI is InChI=1S/C23H23N3O7S/c1-23(2,3)33-22(30)25-17-13-34(31,32)19-9-8-16(21(28)29)10-18(19)26(20(17)27)12-15-6-4-14(11-24)5-7-15/h4-10,17H,12-13H2,1-3H3,(H,25,30)(H,28,29)/t17-/m0/s1. The van der Waals surface area contributed by atoms with Crippen LogP contribution in [0.2, 0.25) is 0 Å². The number of amides is 2. The first-order valence-electron chi connectivity index (χ1n) is 10.2. The summed E-state index contributed by atoms with van der Waals surface area (Å²) in [5.41, 5.74) is -0.230. The molecule has 0 fully saturated rings. The number of nitriles is 1. The normalized spacial score (nSPS) is 17.2. The van der Waals surface area contributed by atoms with E-state index in [0.29, 0.717) is 11.1 Å². The number of sulfone groups is 1. The minimum absolute atomic E-state index is 0.109. The summed E-state index contributed by atoms with van der Waals surface area (Å²) in [4.78, 5) is 38.3. The molecule has 2 amide bonds. The van der Waals surface area contributed by atoms with E-state index in [1.54, 1.807) is 45.0 Å². The lowest BCUT2D eigenvalue weighted by atomic mass is 10.1. The summed E-state index contributed by atoms with van der Waals surface area (Å²) in [5, 5.41) is 20.8. The van der Waals surface area contributed by atoms with Crippen molar-refractivity contribution in [3.05, 3.63) is 59.2 Å². The monoisotopic (exact) mass is 485 g/mol. The fraction of sp³-hybridized carbons (Fsp3) is 0.304. The van der Waals surface area contributed by atoms with Crippen LogP contribution in [0.1, 0.15) is 42.3 Å². The van der Waals surface area contributed by atoms with Crippen LogP contribution >= 0.6 is 0 Å². The van der Waals surface area contributed by atoms with E-state index in [9.17, 15) is 27.9 Å². The van der Waals surface area contributed by atoms with Crippen LogP contribution in [0.25, 0.3) is 0 Å². The summed E-state index contributed by atoms with van der Waals surface area (Å²) in [6, 6.07) is 10.2. The Morgan fingerprint density at radius 1 is 1.21 bits per heavy atom. The Kier molecular flexibility index (Phi) is 6.65. The predicted molar refractivity (Wildman–Crippen MR) is 121 cm³/mol. The maximum atomic E-state index is 13.5. The molecule has 11 heteroatoms. The van der Waals surface area contributed by atoms with Gasteiger partial charge in [0, 0.05) is 0 Å². The van der Waals surface area contributed by atoms with Gasteiger partial charge in [0.25, 0.3) is 5.91 Å². The molecule has 0 saturated heterocycles. The van der Waals surface area contributed by atoms with Crippen LogP contribution in [0.15, 0.2) is 47.4 Å². The highest BCUT2D eigenvalue weighted by molar-refractivity contribution is 7.91. The molecule has 1 heterocycles. The molecule has 3 rings (SSSR count). The molecule has 0 aliphatic carbocycles. The number of fused-ring (bicyclic) bond motifs is 1. The Labute approximate surface area is 196 Å². The molecule has 2 N–H and O–H groups in total. The van der Waals surface area contributed by atoms with Gasteiger partial charge in [-0.05, 0) is 56.7 Å². The van der Waals surface area contributed by atoms with E-state index in [-0.39, 0.29) is 22.7 Å². The van der Waals surface area contributed by atoms with Gasteiger partial charge >= 0.3 is 12.1 Å². The Balaban J connectivity index is 2.09. The Bertz CT molecular complexity index is 1290. The number of anilines is 1. The third kappa shape index (κ3) is 5.52. The second-order valence-electron chi connectivity index (χ2n) is 8.70. The molecule has 0 unspecified atom stereocenters. The van der Waals surface area contributed by atoms with Crippen molar-refractivity contribution in [1.29, 1.82) is 5.26 Å². The van der Waals surface area contributed by atoms with Crippen molar-refractivity contribution >= 4 is 33.5 Å². The highest BCUT2D eigenvalue weighted by atomic mass is 32.2. The van der Waals surface area contributed by atoms with Crippen LogP contribution in [0, 0.1) is 11.3 Å². The van der Waals surface area contributed by atoms with Gasteiger partial charge in [0.1, 0.15) is 11.6 Å². The van der Waals surface area contributed by atoms with E-state index in [4.69, 9.17) is 10.00 Å². The maximum absolute atomic E-state index is 13.5.